The van der Waals surface area contributed by atoms with Gasteiger partial charge in [-0.3, -0.25) is 4.90 Å². The van der Waals surface area contributed by atoms with Gasteiger partial charge in [0.25, 0.3) is 0 Å². The van der Waals surface area contributed by atoms with Crippen molar-refractivity contribution in [3.05, 3.63) is 100 Å². The molecule has 1 aliphatic heterocycles. The van der Waals surface area contributed by atoms with Gasteiger partial charge in [-0.25, -0.2) is 0 Å². The van der Waals surface area contributed by atoms with E-state index < -0.39 is 0 Å². The van der Waals surface area contributed by atoms with Gasteiger partial charge in [-0.2, -0.15) is 0 Å². The number of piperazine rings is 1. The maximum absolute atomic E-state index is 6.27. The number of anilines is 1. The molecule has 154 valence electrons. The molecule has 0 saturated carbocycles. The molecule has 1 aliphatic rings. The lowest BCUT2D eigenvalue weighted by Gasteiger charge is -2.40. The van der Waals surface area contributed by atoms with E-state index in [4.69, 9.17) is 35.4 Å². The van der Waals surface area contributed by atoms with Crippen molar-refractivity contribution in [2.45, 2.75) is 6.04 Å². The predicted octanol–water partition coefficient (Wildman–Crippen LogP) is 6.10. The molecule has 6 heteroatoms. The standard InChI is InChI=1S/C24H23Cl2N3S/c25-20-11-12-21(26)22(17-20)27-24(30)29-15-13-28(14-16-29)23(18-7-3-1-4-8-18)19-9-5-2-6-10-19/h1-12,17,23H,13-16H2,(H,27,30). The number of rotatable bonds is 4. The summed E-state index contributed by atoms with van der Waals surface area (Å²) in [6.45, 7) is 3.53. The van der Waals surface area contributed by atoms with Gasteiger partial charge >= 0.3 is 0 Å². The summed E-state index contributed by atoms with van der Waals surface area (Å²) in [5, 5.41) is 5.16. The highest BCUT2D eigenvalue weighted by Gasteiger charge is 2.27. The van der Waals surface area contributed by atoms with Crippen LogP contribution in [0.4, 0.5) is 5.69 Å². The summed E-state index contributed by atoms with van der Waals surface area (Å²) >= 11 is 18.0. The minimum atomic E-state index is 0.235. The van der Waals surface area contributed by atoms with E-state index >= 15 is 0 Å². The average Bonchev–Trinajstić information content (AvgIpc) is 2.78. The first-order valence-corrected chi connectivity index (χ1v) is 11.1. The lowest BCUT2D eigenvalue weighted by atomic mass is 9.96. The molecule has 0 radical (unpaired) electrons. The summed E-state index contributed by atoms with van der Waals surface area (Å²) in [6.07, 6.45) is 0. The van der Waals surface area contributed by atoms with Gasteiger partial charge < -0.3 is 10.2 Å². The number of thiocarbonyl (C=S) groups is 1. The number of benzene rings is 3. The molecule has 30 heavy (non-hydrogen) atoms. The highest BCUT2D eigenvalue weighted by atomic mass is 35.5. The molecule has 4 rings (SSSR count). The summed E-state index contributed by atoms with van der Waals surface area (Å²) in [7, 11) is 0. The maximum Gasteiger partial charge on any atom is 0.173 e. The Kier molecular flexibility index (Phi) is 6.90. The van der Waals surface area contributed by atoms with Crippen LogP contribution in [0.15, 0.2) is 78.9 Å². The SMILES string of the molecule is S=C(Nc1cc(Cl)ccc1Cl)N1CCN(C(c2ccccc2)c2ccccc2)CC1. The Morgan fingerprint density at radius 1 is 0.800 bits per heavy atom. The van der Waals surface area contributed by atoms with Crippen LogP contribution in [0.1, 0.15) is 17.2 Å². The van der Waals surface area contributed by atoms with E-state index in [1.165, 1.54) is 11.1 Å². The number of halogens is 2. The summed E-state index contributed by atoms with van der Waals surface area (Å²) < 4.78 is 0. The topological polar surface area (TPSA) is 18.5 Å². The molecular formula is C24H23Cl2N3S. The van der Waals surface area contributed by atoms with Crippen molar-refractivity contribution in [2.24, 2.45) is 0 Å². The molecule has 1 N–H and O–H groups in total. The number of nitrogens with one attached hydrogen (secondary N) is 1. The van der Waals surface area contributed by atoms with Gasteiger partial charge in [0.2, 0.25) is 0 Å². The van der Waals surface area contributed by atoms with Crippen LogP contribution in [-0.4, -0.2) is 41.1 Å². The van der Waals surface area contributed by atoms with Crippen LogP contribution < -0.4 is 5.32 Å². The van der Waals surface area contributed by atoms with E-state index in [0.29, 0.717) is 15.2 Å². The molecule has 0 unspecified atom stereocenters. The maximum atomic E-state index is 6.27. The zero-order valence-corrected chi connectivity index (χ0v) is 18.8. The van der Waals surface area contributed by atoms with E-state index in [1.54, 1.807) is 18.2 Å². The Morgan fingerprint density at radius 3 is 1.93 bits per heavy atom. The van der Waals surface area contributed by atoms with E-state index in [0.717, 1.165) is 31.9 Å². The van der Waals surface area contributed by atoms with Gasteiger partial charge in [0.1, 0.15) is 0 Å². The smallest absolute Gasteiger partial charge is 0.173 e. The van der Waals surface area contributed by atoms with Gasteiger partial charge in [-0.1, -0.05) is 83.9 Å². The first kappa shape index (κ1) is 21.1. The highest BCUT2D eigenvalue weighted by Crippen LogP contribution is 2.30. The summed E-state index contributed by atoms with van der Waals surface area (Å²) in [6, 6.07) is 27.0. The molecule has 0 aliphatic carbocycles. The van der Waals surface area contributed by atoms with E-state index in [1.807, 2.05) is 0 Å². The second kappa shape index (κ2) is 9.80. The highest BCUT2D eigenvalue weighted by molar-refractivity contribution is 7.80. The van der Waals surface area contributed by atoms with Crippen LogP contribution >= 0.6 is 35.4 Å². The Morgan fingerprint density at radius 2 is 1.37 bits per heavy atom. The van der Waals surface area contributed by atoms with E-state index in [9.17, 15) is 0 Å². The lowest BCUT2D eigenvalue weighted by molar-refractivity contribution is 0.151. The van der Waals surface area contributed by atoms with Crippen LogP contribution in [0.3, 0.4) is 0 Å². The summed E-state index contributed by atoms with van der Waals surface area (Å²) in [5.41, 5.74) is 3.36. The molecule has 1 fully saturated rings. The summed E-state index contributed by atoms with van der Waals surface area (Å²) in [4.78, 5) is 4.71. The molecule has 3 nitrogen and oxygen atoms in total. The average molecular weight is 456 g/mol. The molecule has 3 aromatic rings. The van der Waals surface area contributed by atoms with Crippen LogP contribution in [-0.2, 0) is 0 Å². The van der Waals surface area contributed by atoms with Gasteiger partial charge in [0.15, 0.2) is 5.11 Å². The van der Waals surface area contributed by atoms with Crippen LogP contribution in [0.2, 0.25) is 10.0 Å². The normalized spacial score (nSPS) is 14.7. The Hall–Kier alpha value is -2.11. The fourth-order valence-corrected chi connectivity index (χ4v) is 4.48. The second-order valence-electron chi connectivity index (χ2n) is 7.30. The number of hydrogen-bond donors (Lipinski definition) is 1. The quantitative estimate of drug-likeness (QED) is 0.478. The Labute approximate surface area is 193 Å². The molecule has 3 aromatic carbocycles. The Balaban J connectivity index is 1.46. The van der Waals surface area contributed by atoms with Gasteiger partial charge in [-0.05, 0) is 41.5 Å². The number of nitrogens with zero attached hydrogens (tertiary/aromatic N) is 2. The molecule has 1 saturated heterocycles. The minimum Gasteiger partial charge on any atom is -0.346 e. The van der Waals surface area contributed by atoms with Crippen molar-refractivity contribution in [3.63, 3.8) is 0 Å². The zero-order chi connectivity index (χ0) is 20.9. The van der Waals surface area contributed by atoms with Crippen LogP contribution in [0, 0.1) is 0 Å². The third kappa shape index (κ3) is 4.96. The molecule has 0 amide bonds. The molecule has 0 spiro atoms. The summed E-state index contributed by atoms with van der Waals surface area (Å²) in [5.74, 6) is 0. The van der Waals surface area contributed by atoms with Crippen molar-refractivity contribution in [3.8, 4) is 0 Å². The van der Waals surface area contributed by atoms with E-state index in [2.05, 4.69) is 75.8 Å². The monoisotopic (exact) mass is 455 g/mol. The molecule has 0 atom stereocenters. The fraction of sp³-hybridized carbons (Fsp3) is 0.208. The first-order chi connectivity index (χ1) is 14.6. The fourth-order valence-electron chi connectivity index (χ4n) is 3.86. The molecular weight excluding hydrogens is 433 g/mol. The van der Waals surface area contributed by atoms with Gasteiger partial charge in [0, 0.05) is 31.2 Å². The molecule has 1 heterocycles. The largest absolute Gasteiger partial charge is 0.346 e. The predicted molar refractivity (Wildman–Crippen MR) is 131 cm³/mol. The van der Waals surface area contributed by atoms with Crippen LogP contribution in [0.25, 0.3) is 0 Å². The minimum absolute atomic E-state index is 0.235. The van der Waals surface area contributed by atoms with Crippen molar-refractivity contribution in [1.82, 2.24) is 9.80 Å². The first-order valence-electron chi connectivity index (χ1n) is 9.97. The van der Waals surface area contributed by atoms with Crippen molar-refractivity contribution >= 4 is 46.2 Å². The van der Waals surface area contributed by atoms with Gasteiger partial charge in [-0.15, -0.1) is 0 Å². The number of hydrogen-bond acceptors (Lipinski definition) is 2. The van der Waals surface area contributed by atoms with Gasteiger partial charge in [0.05, 0.1) is 16.8 Å². The van der Waals surface area contributed by atoms with Crippen molar-refractivity contribution in [2.75, 3.05) is 31.5 Å². The molecule has 0 bridgehead atoms. The van der Waals surface area contributed by atoms with Crippen LogP contribution in [0.5, 0.6) is 0 Å². The van der Waals surface area contributed by atoms with Crippen molar-refractivity contribution in [1.29, 1.82) is 0 Å². The Bertz CT molecular complexity index is 950. The van der Waals surface area contributed by atoms with Crippen molar-refractivity contribution < 1.29 is 0 Å². The third-order valence-electron chi connectivity index (χ3n) is 5.37. The molecule has 0 aromatic heterocycles. The van der Waals surface area contributed by atoms with E-state index in [-0.39, 0.29) is 6.04 Å². The second-order valence-corrected chi connectivity index (χ2v) is 8.53. The third-order valence-corrected chi connectivity index (χ3v) is 6.29. The lowest BCUT2D eigenvalue weighted by Crippen LogP contribution is -2.51. The zero-order valence-electron chi connectivity index (χ0n) is 16.5.